The third-order valence-electron chi connectivity index (χ3n) is 2.60. The van der Waals surface area contributed by atoms with Crippen LogP contribution in [0.25, 0.3) is 0 Å². The Morgan fingerprint density at radius 2 is 2.33 bits per heavy atom. The molecule has 1 aliphatic carbocycles. The molecule has 1 N–H and O–H groups in total. The van der Waals surface area contributed by atoms with Crippen LogP contribution in [-0.4, -0.2) is 23.4 Å². The third kappa shape index (κ3) is 3.13. The normalized spacial score (nSPS) is 15.3. The fourth-order valence-corrected chi connectivity index (χ4v) is 1.45. The molecule has 0 amide bonds. The molecule has 0 spiro atoms. The van der Waals surface area contributed by atoms with Crippen molar-refractivity contribution >= 4 is 5.78 Å². The Bertz CT molecular complexity index is 341. The van der Waals surface area contributed by atoms with E-state index in [1.165, 1.54) is 12.8 Å². The number of aryl methyl sites for hydroxylation is 1. The van der Waals surface area contributed by atoms with E-state index in [2.05, 4.69) is 10.3 Å². The van der Waals surface area contributed by atoms with Crippen LogP contribution in [0.5, 0.6) is 0 Å². The summed E-state index contributed by atoms with van der Waals surface area (Å²) in [5.74, 6) is 0.177. The van der Waals surface area contributed by atoms with Gasteiger partial charge in [0.15, 0.2) is 5.78 Å². The van der Waals surface area contributed by atoms with E-state index in [1.54, 1.807) is 6.20 Å². The van der Waals surface area contributed by atoms with Crippen LogP contribution >= 0.6 is 0 Å². The molecule has 80 valence electrons. The number of Topliss-reactive ketones (excluding diaryl/α,β-unsaturated/α-hetero) is 1. The minimum atomic E-state index is 0.177. The molecule has 0 aromatic carbocycles. The number of ketones is 1. The fourth-order valence-electron chi connectivity index (χ4n) is 1.45. The second-order valence-corrected chi connectivity index (χ2v) is 4.09. The number of hydrogen-bond acceptors (Lipinski definition) is 3. The van der Waals surface area contributed by atoms with Crippen molar-refractivity contribution in [2.75, 3.05) is 6.54 Å². The number of hydrogen-bond donors (Lipinski definition) is 1. The molecule has 15 heavy (non-hydrogen) atoms. The van der Waals surface area contributed by atoms with Crippen LogP contribution in [0.2, 0.25) is 0 Å². The van der Waals surface area contributed by atoms with Crippen LogP contribution < -0.4 is 5.32 Å². The van der Waals surface area contributed by atoms with Gasteiger partial charge in [-0.2, -0.15) is 0 Å². The number of carbonyl (C=O) groups excluding carboxylic acids is 1. The third-order valence-corrected chi connectivity index (χ3v) is 2.60. The minimum Gasteiger partial charge on any atom is -0.314 e. The Labute approximate surface area is 89.9 Å². The van der Waals surface area contributed by atoms with Gasteiger partial charge in [0.1, 0.15) is 0 Å². The van der Waals surface area contributed by atoms with E-state index in [-0.39, 0.29) is 5.78 Å². The summed E-state index contributed by atoms with van der Waals surface area (Å²) < 4.78 is 0. The standard InChI is InChI=1S/C12H16N2O/c1-9-2-3-10(8-14-9)12(15)6-7-13-11-4-5-11/h2-3,8,11,13H,4-7H2,1H3. The first-order valence-electron chi connectivity index (χ1n) is 5.45. The predicted octanol–water partition coefficient (Wildman–Crippen LogP) is 1.71. The molecular weight excluding hydrogens is 188 g/mol. The molecule has 1 fully saturated rings. The summed E-state index contributed by atoms with van der Waals surface area (Å²) in [4.78, 5) is 15.8. The van der Waals surface area contributed by atoms with Gasteiger partial charge in [-0.05, 0) is 31.9 Å². The molecule has 3 heteroatoms. The lowest BCUT2D eigenvalue weighted by Gasteiger charge is -2.02. The van der Waals surface area contributed by atoms with Gasteiger partial charge in [0.05, 0.1) is 0 Å². The first kappa shape index (κ1) is 10.3. The van der Waals surface area contributed by atoms with Crippen molar-refractivity contribution in [3.8, 4) is 0 Å². The Morgan fingerprint density at radius 1 is 1.53 bits per heavy atom. The lowest BCUT2D eigenvalue weighted by Crippen LogP contribution is -2.20. The van der Waals surface area contributed by atoms with E-state index in [0.29, 0.717) is 12.5 Å². The smallest absolute Gasteiger partial charge is 0.165 e. The first-order valence-corrected chi connectivity index (χ1v) is 5.45. The van der Waals surface area contributed by atoms with Crippen LogP contribution in [0.1, 0.15) is 35.3 Å². The minimum absolute atomic E-state index is 0.177. The quantitative estimate of drug-likeness (QED) is 0.742. The largest absolute Gasteiger partial charge is 0.314 e. The van der Waals surface area contributed by atoms with Crippen molar-refractivity contribution < 1.29 is 4.79 Å². The van der Waals surface area contributed by atoms with Gasteiger partial charge < -0.3 is 5.32 Å². The van der Waals surface area contributed by atoms with E-state index < -0.39 is 0 Å². The number of aromatic nitrogens is 1. The van der Waals surface area contributed by atoms with Crippen LogP contribution in [0, 0.1) is 6.92 Å². The van der Waals surface area contributed by atoms with Gasteiger partial charge in [-0.25, -0.2) is 0 Å². The van der Waals surface area contributed by atoms with Crippen LogP contribution in [0.4, 0.5) is 0 Å². The molecule has 0 radical (unpaired) electrons. The van der Waals surface area contributed by atoms with E-state index in [1.807, 2.05) is 19.1 Å². The summed E-state index contributed by atoms with van der Waals surface area (Å²) in [6, 6.07) is 4.40. The molecule has 1 aromatic heterocycles. The van der Waals surface area contributed by atoms with Crippen molar-refractivity contribution in [3.63, 3.8) is 0 Å². The van der Waals surface area contributed by atoms with E-state index >= 15 is 0 Å². The number of pyridine rings is 1. The Morgan fingerprint density at radius 3 is 2.93 bits per heavy atom. The maximum Gasteiger partial charge on any atom is 0.165 e. The SMILES string of the molecule is Cc1ccc(C(=O)CCNC2CC2)cn1. The highest BCUT2D eigenvalue weighted by Crippen LogP contribution is 2.18. The average Bonchev–Trinajstić information content (AvgIpc) is 3.02. The van der Waals surface area contributed by atoms with Crippen LogP contribution in [0.15, 0.2) is 18.3 Å². The zero-order chi connectivity index (χ0) is 10.7. The highest BCUT2D eigenvalue weighted by Gasteiger charge is 2.20. The molecule has 3 nitrogen and oxygen atoms in total. The Hall–Kier alpha value is -1.22. The summed E-state index contributed by atoms with van der Waals surface area (Å²) in [5, 5.41) is 3.33. The molecule has 2 rings (SSSR count). The van der Waals surface area contributed by atoms with Gasteiger partial charge in [-0.1, -0.05) is 0 Å². The van der Waals surface area contributed by atoms with Crippen LogP contribution in [0.3, 0.4) is 0 Å². The van der Waals surface area contributed by atoms with Crippen molar-refractivity contribution in [2.45, 2.75) is 32.2 Å². The highest BCUT2D eigenvalue weighted by molar-refractivity contribution is 5.95. The zero-order valence-corrected chi connectivity index (χ0v) is 8.99. The van der Waals surface area contributed by atoms with Gasteiger partial charge >= 0.3 is 0 Å². The maximum absolute atomic E-state index is 11.7. The monoisotopic (exact) mass is 204 g/mol. The topological polar surface area (TPSA) is 42.0 Å². The van der Waals surface area contributed by atoms with E-state index in [0.717, 1.165) is 17.8 Å². The van der Waals surface area contributed by atoms with Gasteiger partial charge in [0.25, 0.3) is 0 Å². The molecule has 1 aromatic rings. The van der Waals surface area contributed by atoms with E-state index in [4.69, 9.17) is 0 Å². The fraction of sp³-hybridized carbons (Fsp3) is 0.500. The molecule has 1 heterocycles. The number of rotatable bonds is 5. The van der Waals surface area contributed by atoms with Gasteiger partial charge in [-0.15, -0.1) is 0 Å². The molecule has 0 atom stereocenters. The van der Waals surface area contributed by atoms with E-state index in [9.17, 15) is 4.79 Å². The number of nitrogens with one attached hydrogen (secondary N) is 1. The van der Waals surface area contributed by atoms with Crippen LogP contribution in [-0.2, 0) is 0 Å². The molecule has 0 bridgehead atoms. The molecule has 1 aliphatic rings. The molecule has 1 saturated carbocycles. The second-order valence-electron chi connectivity index (χ2n) is 4.09. The predicted molar refractivity (Wildman–Crippen MR) is 58.9 cm³/mol. The summed E-state index contributed by atoms with van der Waals surface area (Å²) in [7, 11) is 0. The highest BCUT2D eigenvalue weighted by atomic mass is 16.1. The summed E-state index contributed by atoms with van der Waals surface area (Å²) in [6.07, 6.45) is 4.76. The van der Waals surface area contributed by atoms with Crippen molar-refractivity contribution in [1.29, 1.82) is 0 Å². The first-order chi connectivity index (χ1) is 7.25. The summed E-state index contributed by atoms with van der Waals surface area (Å²) in [6.45, 7) is 2.71. The second kappa shape index (κ2) is 4.53. The van der Waals surface area contributed by atoms with Gasteiger partial charge in [-0.3, -0.25) is 9.78 Å². The van der Waals surface area contributed by atoms with Gasteiger partial charge in [0.2, 0.25) is 0 Å². The number of nitrogens with zero attached hydrogens (tertiary/aromatic N) is 1. The molecule has 0 unspecified atom stereocenters. The van der Waals surface area contributed by atoms with Crippen molar-refractivity contribution in [2.24, 2.45) is 0 Å². The molecule has 0 aliphatic heterocycles. The lowest BCUT2D eigenvalue weighted by molar-refractivity contribution is 0.0982. The average molecular weight is 204 g/mol. The summed E-state index contributed by atoms with van der Waals surface area (Å²) in [5.41, 5.74) is 1.67. The zero-order valence-electron chi connectivity index (χ0n) is 8.99. The Balaban J connectivity index is 1.81. The summed E-state index contributed by atoms with van der Waals surface area (Å²) >= 11 is 0. The lowest BCUT2D eigenvalue weighted by atomic mass is 10.1. The number of carbonyl (C=O) groups is 1. The Kier molecular flexibility index (Phi) is 3.11. The van der Waals surface area contributed by atoms with Crippen molar-refractivity contribution in [3.05, 3.63) is 29.6 Å². The molecular formula is C12H16N2O. The van der Waals surface area contributed by atoms with Gasteiger partial charge in [0, 0.05) is 36.5 Å². The van der Waals surface area contributed by atoms with Crippen molar-refractivity contribution in [1.82, 2.24) is 10.3 Å². The maximum atomic E-state index is 11.7. The molecule has 0 saturated heterocycles.